The van der Waals surface area contributed by atoms with Gasteiger partial charge in [-0.15, -0.1) is 0 Å². The molecule has 1 heterocycles. The molecule has 1 rings (SSSR count). The molecule has 94 valence electrons. The summed E-state index contributed by atoms with van der Waals surface area (Å²) in [4.78, 5) is 14.0. The van der Waals surface area contributed by atoms with Crippen LogP contribution in [-0.2, 0) is 22.1 Å². The van der Waals surface area contributed by atoms with Crippen LogP contribution in [0.15, 0.2) is 12.3 Å². The van der Waals surface area contributed by atoms with Gasteiger partial charge in [-0.25, -0.2) is 4.98 Å². The first-order valence-electron chi connectivity index (χ1n) is 4.71. The topological polar surface area (TPSA) is 39.2 Å². The molecule has 3 nitrogen and oxygen atoms in total. The lowest BCUT2D eigenvalue weighted by molar-refractivity contribution is -0.143. The van der Waals surface area contributed by atoms with Gasteiger partial charge >= 0.3 is 12.1 Å². The molecule has 0 N–H and O–H groups in total. The van der Waals surface area contributed by atoms with Crippen LogP contribution in [0.4, 0.5) is 17.6 Å². The van der Waals surface area contributed by atoms with Crippen LogP contribution in [0.5, 0.6) is 0 Å². The highest BCUT2D eigenvalue weighted by Gasteiger charge is 2.32. The number of aromatic nitrogens is 1. The summed E-state index contributed by atoms with van der Waals surface area (Å²) >= 11 is 0. The summed E-state index contributed by atoms with van der Waals surface area (Å²) in [7, 11) is 0. The molecule has 7 heteroatoms. The van der Waals surface area contributed by atoms with E-state index >= 15 is 0 Å². The second-order valence-electron chi connectivity index (χ2n) is 3.15. The van der Waals surface area contributed by atoms with Crippen LogP contribution in [0, 0.1) is 5.95 Å². The third-order valence-electron chi connectivity index (χ3n) is 1.88. The van der Waals surface area contributed by atoms with Crippen LogP contribution >= 0.6 is 0 Å². The molecule has 0 bridgehead atoms. The molecule has 0 radical (unpaired) electrons. The number of nitrogens with zero attached hydrogens (tertiary/aromatic N) is 1. The van der Waals surface area contributed by atoms with Gasteiger partial charge in [-0.3, -0.25) is 4.79 Å². The van der Waals surface area contributed by atoms with Crippen molar-refractivity contribution in [2.45, 2.75) is 19.5 Å². The highest BCUT2D eigenvalue weighted by atomic mass is 19.4. The zero-order valence-electron chi connectivity index (χ0n) is 8.84. The molecule has 0 unspecified atom stereocenters. The summed E-state index contributed by atoms with van der Waals surface area (Å²) in [5.74, 6) is -1.90. The number of ether oxygens (including phenoxy) is 1. The van der Waals surface area contributed by atoms with Gasteiger partial charge in [0.2, 0.25) is 5.95 Å². The molecule has 17 heavy (non-hydrogen) atoms. The zero-order chi connectivity index (χ0) is 13.1. The first kappa shape index (κ1) is 13.4. The molecular weight excluding hydrogens is 242 g/mol. The minimum Gasteiger partial charge on any atom is -0.466 e. The molecule has 0 aliphatic heterocycles. The Morgan fingerprint density at radius 2 is 2.12 bits per heavy atom. The molecule has 0 amide bonds. The second-order valence-corrected chi connectivity index (χ2v) is 3.15. The van der Waals surface area contributed by atoms with E-state index in [1.807, 2.05) is 0 Å². The van der Waals surface area contributed by atoms with Gasteiger partial charge < -0.3 is 4.74 Å². The number of hydrogen-bond donors (Lipinski definition) is 0. The van der Waals surface area contributed by atoms with Crippen molar-refractivity contribution in [1.29, 1.82) is 0 Å². The molecule has 0 saturated carbocycles. The average molecular weight is 251 g/mol. The van der Waals surface area contributed by atoms with Crippen LogP contribution in [0.1, 0.15) is 18.1 Å². The maximum atomic E-state index is 13.1. The van der Waals surface area contributed by atoms with Gasteiger partial charge in [-0.05, 0) is 13.0 Å². The fourth-order valence-corrected chi connectivity index (χ4v) is 1.14. The fourth-order valence-electron chi connectivity index (χ4n) is 1.14. The van der Waals surface area contributed by atoms with Crippen LogP contribution in [-0.4, -0.2) is 17.6 Å². The van der Waals surface area contributed by atoms with Crippen molar-refractivity contribution in [1.82, 2.24) is 4.98 Å². The van der Waals surface area contributed by atoms with Crippen molar-refractivity contribution in [2.75, 3.05) is 6.61 Å². The lowest BCUT2D eigenvalue weighted by Gasteiger charge is -2.08. The molecule has 1 aromatic heterocycles. The van der Waals surface area contributed by atoms with E-state index in [1.54, 1.807) is 6.92 Å². The Bertz CT molecular complexity index is 417. The van der Waals surface area contributed by atoms with E-state index in [9.17, 15) is 22.4 Å². The summed E-state index contributed by atoms with van der Waals surface area (Å²) in [6.07, 6.45) is -4.81. The van der Waals surface area contributed by atoms with Crippen molar-refractivity contribution >= 4 is 5.97 Å². The second kappa shape index (κ2) is 5.11. The van der Waals surface area contributed by atoms with E-state index in [-0.39, 0.29) is 6.61 Å². The van der Waals surface area contributed by atoms with Crippen LogP contribution < -0.4 is 0 Å². The molecule has 0 fully saturated rings. The molecule has 1 aromatic rings. The highest BCUT2D eigenvalue weighted by Crippen LogP contribution is 2.29. The van der Waals surface area contributed by atoms with Crippen molar-refractivity contribution in [3.05, 3.63) is 29.3 Å². The maximum Gasteiger partial charge on any atom is 0.417 e. The number of hydrogen-bond acceptors (Lipinski definition) is 3. The van der Waals surface area contributed by atoms with E-state index in [0.29, 0.717) is 12.3 Å². The predicted octanol–water partition coefficient (Wildman–Crippen LogP) is 2.35. The monoisotopic (exact) mass is 251 g/mol. The summed E-state index contributed by atoms with van der Waals surface area (Å²) in [5.41, 5.74) is -1.53. The normalized spacial score (nSPS) is 11.4. The summed E-state index contributed by atoms with van der Waals surface area (Å²) in [6, 6.07) is 0.555. The maximum absolute atomic E-state index is 13.1. The quantitative estimate of drug-likeness (QED) is 0.470. The number of alkyl halides is 3. The van der Waals surface area contributed by atoms with E-state index < -0.39 is 35.6 Å². The van der Waals surface area contributed by atoms with Crippen molar-refractivity contribution in [2.24, 2.45) is 0 Å². The van der Waals surface area contributed by atoms with Gasteiger partial charge in [0.1, 0.15) is 0 Å². The number of halogens is 4. The molecular formula is C10H9F4NO2. The third-order valence-corrected chi connectivity index (χ3v) is 1.88. The fraction of sp³-hybridized carbons (Fsp3) is 0.400. The predicted molar refractivity (Wildman–Crippen MR) is 49.5 cm³/mol. The van der Waals surface area contributed by atoms with Gasteiger partial charge in [0.25, 0.3) is 0 Å². The minimum atomic E-state index is -4.62. The largest absolute Gasteiger partial charge is 0.466 e. The SMILES string of the molecule is CCOC(=O)Cc1cc(C(F)(F)F)cnc1F. The van der Waals surface area contributed by atoms with E-state index in [1.165, 1.54) is 0 Å². The van der Waals surface area contributed by atoms with Gasteiger partial charge in [0.05, 0.1) is 18.6 Å². The summed E-state index contributed by atoms with van der Waals surface area (Å²) in [6.45, 7) is 1.62. The Morgan fingerprint density at radius 3 is 2.65 bits per heavy atom. The Kier molecular flexibility index (Phi) is 4.03. The smallest absolute Gasteiger partial charge is 0.417 e. The van der Waals surface area contributed by atoms with Crippen LogP contribution in [0.3, 0.4) is 0 Å². The number of carbonyl (C=O) groups excluding carboxylic acids is 1. The van der Waals surface area contributed by atoms with Crippen LogP contribution in [0.25, 0.3) is 0 Å². The number of pyridine rings is 1. The Hall–Kier alpha value is -1.66. The standard InChI is InChI=1S/C10H9F4NO2/c1-2-17-8(16)4-6-3-7(10(12,13)14)5-15-9(6)11/h3,5H,2,4H2,1H3. The zero-order valence-corrected chi connectivity index (χ0v) is 8.84. The number of rotatable bonds is 3. The Labute approximate surface area is 94.4 Å². The summed E-state index contributed by atoms with van der Waals surface area (Å²) in [5, 5.41) is 0. The lowest BCUT2D eigenvalue weighted by atomic mass is 10.1. The molecule has 0 aromatic carbocycles. The first-order chi connectivity index (χ1) is 7.84. The summed E-state index contributed by atoms with van der Waals surface area (Å²) < 4.78 is 54.5. The highest BCUT2D eigenvalue weighted by molar-refractivity contribution is 5.72. The van der Waals surface area contributed by atoms with Crippen molar-refractivity contribution in [3.63, 3.8) is 0 Å². The van der Waals surface area contributed by atoms with Crippen molar-refractivity contribution in [3.8, 4) is 0 Å². The lowest BCUT2D eigenvalue weighted by Crippen LogP contribution is -2.12. The van der Waals surface area contributed by atoms with Crippen LogP contribution in [0.2, 0.25) is 0 Å². The number of carbonyl (C=O) groups is 1. The third kappa shape index (κ3) is 3.69. The average Bonchev–Trinajstić information content (AvgIpc) is 2.20. The van der Waals surface area contributed by atoms with Gasteiger partial charge in [-0.2, -0.15) is 17.6 Å². The molecule has 0 saturated heterocycles. The minimum absolute atomic E-state index is 0.0762. The van der Waals surface area contributed by atoms with E-state index in [4.69, 9.17) is 0 Å². The molecule has 0 atom stereocenters. The Balaban J connectivity index is 2.95. The molecule has 0 spiro atoms. The van der Waals surface area contributed by atoms with E-state index in [2.05, 4.69) is 9.72 Å². The van der Waals surface area contributed by atoms with E-state index in [0.717, 1.165) is 0 Å². The van der Waals surface area contributed by atoms with Gasteiger partial charge in [-0.1, -0.05) is 0 Å². The number of esters is 1. The van der Waals surface area contributed by atoms with Gasteiger partial charge in [0.15, 0.2) is 0 Å². The van der Waals surface area contributed by atoms with Gasteiger partial charge in [0, 0.05) is 11.8 Å². The molecule has 0 aliphatic rings. The Morgan fingerprint density at radius 1 is 1.47 bits per heavy atom. The first-order valence-corrected chi connectivity index (χ1v) is 4.71. The van der Waals surface area contributed by atoms with Crippen molar-refractivity contribution < 1.29 is 27.1 Å². The molecule has 0 aliphatic carbocycles.